The van der Waals surface area contributed by atoms with Crippen LogP contribution in [0.3, 0.4) is 0 Å². The minimum atomic E-state index is -1.05. The lowest BCUT2D eigenvalue weighted by atomic mass is 10.0. The van der Waals surface area contributed by atoms with Gasteiger partial charge >= 0.3 is 5.97 Å². The van der Waals surface area contributed by atoms with E-state index in [0.29, 0.717) is 11.1 Å². The van der Waals surface area contributed by atoms with Crippen molar-refractivity contribution in [3.8, 4) is 11.1 Å². The van der Waals surface area contributed by atoms with Gasteiger partial charge in [-0.2, -0.15) is 0 Å². The average Bonchev–Trinajstić information content (AvgIpc) is 2.86. The first-order valence-corrected chi connectivity index (χ1v) is 7.32. The summed E-state index contributed by atoms with van der Waals surface area (Å²) in [7, 11) is 0. The molecule has 1 heterocycles. The first kappa shape index (κ1) is 12.8. The summed E-state index contributed by atoms with van der Waals surface area (Å²) in [6.45, 7) is 0. The largest absolute Gasteiger partial charge is 0.475 e. The van der Waals surface area contributed by atoms with E-state index in [9.17, 15) is 9.90 Å². The summed E-state index contributed by atoms with van der Waals surface area (Å²) in [5.41, 5.74) is 2.09. The standard InChI is InChI=1S/C16H12O3S/c1-20-11-7-8-13-12(9-11)14(15(19-13)16(17)18)10-5-3-2-4-6-10/h2-9H,1H3,(H,17,18). The van der Waals surface area contributed by atoms with E-state index in [4.69, 9.17) is 4.42 Å². The van der Waals surface area contributed by atoms with Crippen molar-refractivity contribution < 1.29 is 14.3 Å². The van der Waals surface area contributed by atoms with Gasteiger partial charge in [0, 0.05) is 15.8 Å². The van der Waals surface area contributed by atoms with Gasteiger partial charge in [0.25, 0.3) is 0 Å². The van der Waals surface area contributed by atoms with Crippen molar-refractivity contribution in [2.24, 2.45) is 0 Å². The van der Waals surface area contributed by atoms with Gasteiger partial charge in [-0.3, -0.25) is 0 Å². The highest BCUT2D eigenvalue weighted by molar-refractivity contribution is 7.98. The van der Waals surface area contributed by atoms with E-state index < -0.39 is 5.97 Å². The fourth-order valence-corrected chi connectivity index (χ4v) is 2.69. The maximum atomic E-state index is 11.4. The predicted octanol–water partition coefficient (Wildman–Crippen LogP) is 4.52. The van der Waals surface area contributed by atoms with E-state index in [-0.39, 0.29) is 5.76 Å². The number of carbonyl (C=O) groups is 1. The lowest BCUT2D eigenvalue weighted by Crippen LogP contribution is -1.95. The van der Waals surface area contributed by atoms with E-state index in [1.54, 1.807) is 11.8 Å². The molecule has 0 saturated carbocycles. The summed E-state index contributed by atoms with van der Waals surface area (Å²) in [6.07, 6.45) is 1.99. The second-order valence-corrected chi connectivity index (χ2v) is 5.22. The third-order valence-electron chi connectivity index (χ3n) is 3.15. The van der Waals surface area contributed by atoms with E-state index in [1.165, 1.54) is 0 Å². The van der Waals surface area contributed by atoms with Crippen LogP contribution in [-0.4, -0.2) is 17.3 Å². The van der Waals surface area contributed by atoms with Crippen LogP contribution in [0.25, 0.3) is 22.1 Å². The Morgan fingerprint density at radius 2 is 1.90 bits per heavy atom. The highest BCUT2D eigenvalue weighted by atomic mass is 32.2. The van der Waals surface area contributed by atoms with Gasteiger partial charge in [0.05, 0.1) is 0 Å². The van der Waals surface area contributed by atoms with Gasteiger partial charge in [0.2, 0.25) is 5.76 Å². The van der Waals surface area contributed by atoms with Crippen LogP contribution in [0.15, 0.2) is 57.8 Å². The Kier molecular flexibility index (Phi) is 3.24. The summed E-state index contributed by atoms with van der Waals surface area (Å²) in [5, 5.41) is 10.2. The van der Waals surface area contributed by atoms with E-state index >= 15 is 0 Å². The SMILES string of the molecule is CSc1ccc2oc(C(=O)O)c(-c3ccccc3)c2c1. The second-order valence-electron chi connectivity index (χ2n) is 4.34. The minimum Gasteiger partial charge on any atom is -0.475 e. The van der Waals surface area contributed by atoms with Gasteiger partial charge in [-0.05, 0) is 30.0 Å². The van der Waals surface area contributed by atoms with E-state index in [1.807, 2.05) is 54.8 Å². The summed E-state index contributed by atoms with van der Waals surface area (Å²) in [4.78, 5) is 12.5. The Balaban J connectivity index is 2.36. The number of benzene rings is 2. The van der Waals surface area contributed by atoms with Crippen LogP contribution in [0.2, 0.25) is 0 Å². The van der Waals surface area contributed by atoms with Crippen LogP contribution >= 0.6 is 11.8 Å². The minimum absolute atomic E-state index is 0.00977. The first-order chi connectivity index (χ1) is 9.70. The Hall–Kier alpha value is -2.20. The summed E-state index contributed by atoms with van der Waals surface area (Å²) in [6, 6.07) is 15.2. The summed E-state index contributed by atoms with van der Waals surface area (Å²) < 4.78 is 5.51. The van der Waals surface area contributed by atoms with E-state index in [0.717, 1.165) is 15.8 Å². The molecule has 0 aliphatic heterocycles. The van der Waals surface area contributed by atoms with Crippen molar-refractivity contribution in [1.82, 2.24) is 0 Å². The molecule has 1 N–H and O–H groups in total. The molecular weight excluding hydrogens is 272 g/mol. The Bertz CT molecular complexity index is 775. The molecule has 3 rings (SSSR count). The van der Waals surface area contributed by atoms with Gasteiger partial charge in [-0.25, -0.2) is 4.79 Å². The fraction of sp³-hybridized carbons (Fsp3) is 0.0625. The molecule has 0 radical (unpaired) electrons. The van der Waals surface area contributed by atoms with Crippen LogP contribution in [0.5, 0.6) is 0 Å². The Morgan fingerprint density at radius 3 is 2.55 bits per heavy atom. The molecule has 100 valence electrons. The number of fused-ring (bicyclic) bond motifs is 1. The molecule has 3 nitrogen and oxygen atoms in total. The van der Waals surface area contributed by atoms with Gasteiger partial charge in [-0.15, -0.1) is 11.8 Å². The van der Waals surface area contributed by atoms with Crippen LogP contribution in [0.1, 0.15) is 10.6 Å². The Morgan fingerprint density at radius 1 is 1.15 bits per heavy atom. The predicted molar refractivity (Wildman–Crippen MR) is 80.4 cm³/mol. The van der Waals surface area contributed by atoms with Crippen molar-refractivity contribution >= 4 is 28.7 Å². The maximum absolute atomic E-state index is 11.4. The molecular formula is C16H12O3S. The first-order valence-electron chi connectivity index (χ1n) is 6.10. The summed E-state index contributed by atoms with van der Waals surface area (Å²) in [5.74, 6) is -1.06. The molecule has 0 atom stereocenters. The highest BCUT2D eigenvalue weighted by Crippen LogP contribution is 2.36. The number of rotatable bonds is 3. The lowest BCUT2D eigenvalue weighted by Gasteiger charge is -2.01. The van der Waals surface area contributed by atoms with Gasteiger partial charge in [0.15, 0.2) is 0 Å². The lowest BCUT2D eigenvalue weighted by molar-refractivity contribution is 0.0666. The molecule has 0 spiro atoms. The van der Waals surface area contributed by atoms with Crippen molar-refractivity contribution in [2.45, 2.75) is 4.90 Å². The number of carboxylic acids is 1. The van der Waals surface area contributed by atoms with Crippen molar-refractivity contribution in [2.75, 3.05) is 6.26 Å². The van der Waals surface area contributed by atoms with Gasteiger partial charge < -0.3 is 9.52 Å². The van der Waals surface area contributed by atoms with Gasteiger partial charge in [0.1, 0.15) is 5.58 Å². The number of furan rings is 1. The molecule has 0 aliphatic carbocycles. The van der Waals surface area contributed by atoms with Crippen LogP contribution < -0.4 is 0 Å². The smallest absolute Gasteiger partial charge is 0.372 e. The van der Waals surface area contributed by atoms with E-state index in [2.05, 4.69) is 0 Å². The number of hydrogen-bond donors (Lipinski definition) is 1. The molecule has 0 unspecified atom stereocenters. The van der Waals surface area contributed by atoms with Crippen molar-refractivity contribution in [1.29, 1.82) is 0 Å². The molecule has 2 aromatic carbocycles. The second kappa shape index (κ2) is 5.06. The zero-order valence-electron chi connectivity index (χ0n) is 10.8. The zero-order valence-corrected chi connectivity index (χ0v) is 11.6. The Labute approximate surface area is 120 Å². The maximum Gasteiger partial charge on any atom is 0.372 e. The molecule has 0 aliphatic rings. The number of thioether (sulfide) groups is 1. The molecule has 1 aromatic heterocycles. The number of aromatic carboxylic acids is 1. The molecule has 4 heteroatoms. The fourth-order valence-electron chi connectivity index (χ4n) is 2.25. The van der Waals surface area contributed by atoms with Crippen LogP contribution in [-0.2, 0) is 0 Å². The van der Waals surface area contributed by atoms with Crippen LogP contribution in [0.4, 0.5) is 0 Å². The van der Waals surface area contributed by atoms with Gasteiger partial charge in [-0.1, -0.05) is 30.3 Å². The third kappa shape index (κ3) is 2.08. The molecule has 3 aromatic rings. The topological polar surface area (TPSA) is 50.4 Å². The normalized spacial score (nSPS) is 10.8. The third-order valence-corrected chi connectivity index (χ3v) is 3.88. The molecule has 0 bridgehead atoms. The van der Waals surface area contributed by atoms with Crippen molar-refractivity contribution in [3.05, 3.63) is 54.3 Å². The number of carboxylic acid groups (broad SMARTS) is 1. The monoisotopic (exact) mass is 284 g/mol. The summed E-state index contributed by atoms with van der Waals surface area (Å²) >= 11 is 1.62. The highest BCUT2D eigenvalue weighted by Gasteiger charge is 2.21. The average molecular weight is 284 g/mol. The van der Waals surface area contributed by atoms with Crippen molar-refractivity contribution in [3.63, 3.8) is 0 Å². The molecule has 20 heavy (non-hydrogen) atoms. The zero-order chi connectivity index (χ0) is 14.1. The number of hydrogen-bond acceptors (Lipinski definition) is 3. The quantitative estimate of drug-likeness (QED) is 0.718. The molecule has 0 amide bonds. The molecule has 0 fully saturated rings. The molecule has 0 saturated heterocycles. The van der Waals surface area contributed by atoms with Crippen LogP contribution in [0, 0.1) is 0 Å².